The first-order valence-electron chi connectivity index (χ1n) is 6.29. The highest BCUT2D eigenvalue weighted by molar-refractivity contribution is 7.09. The summed E-state index contributed by atoms with van der Waals surface area (Å²) in [4.78, 5) is 18.8. The fourth-order valence-electron chi connectivity index (χ4n) is 2.36. The number of amides is 1. The molecule has 2 heterocycles. The van der Waals surface area contributed by atoms with E-state index in [0.29, 0.717) is 6.54 Å². The molecule has 1 aliphatic heterocycles. The average Bonchev–Trinajstić information content (AvgIpc) is 2.85. The molecule has 5 heteroatoms. The van der Waals surface area contributed by atoms with Crippen molar-refractivity contribution in [3.8, 4) is 0 Å². The summed E-state index contributed by atoms with van der Waals surface area (Å²) in [7, 11) is 0. The Morgan fingerprint density at radius 3 is 2.89 bits per heavy atom. The van der Waals surface area contributed by atoms with Crippen molar-refractivity contribution >= 4 is 22.9 Å². The molecule has 1 N–H and O–H groups in total. The lowest BCUT2D eigenvalue weighted by atomic mass is 10.1. The molecule has 1 aromatic carbocycles. The van der Waals surface area contributed by atoms with Crippen molar-refractivity contribution in [3.63, 3.8) is 0 Å². The Hall–Kier alpha value is -1.88. The minimum absolute atomic E-state index is 0.0625. The predicted octanol–water partition coefficient (Wildman–Crippen LogP) is 3.04. The number of benzene rings is 1. The van der Waals surface area contributed by atoms with Gasteiger partial charge < -0.3 is 10.2 Å². The van der Waals surface area contributed by atoms with Crippen LogP contribution >= 0.6 is 11.3 Å². The molecule has 0 aliphatic carbocycles. The van der Waals surface area contributed by atoms with Crippen LogP contribution in [0.3, 0.4) is 0 Å². The maximum absolute atomic E-state index is 12.5. The van der Waals surface area contributed by atoms with Gasteiger partial charge in [0.15, 0.2) is 0 Å². The molecule has 1 amide bonds. The molecule has 1 aromatic heterocycles. The number of aromatic nitrogens is 1. The molecule has 0 bridgehead atoms. The van der Waals surface area contributed by atoms with Crippen LogP contribution in [-0.2, 0) is 0 Å². The minimum Gasteiger partial charge on any atom is -0.359 e. The zero-order valence-corrected chi connectivity index (χ0v) is 11.7. The highest BCUT2D eigenvalue weighted by Gasteiger charge is 2.32. The van der Waals surface area contributed by atoms with E-state index in [-0.39, 0.29) is 12.1 Å². The number of carbonyl (C=O) groups is 1. The van der Waals surface area contributed by atoms with E-state index in [2.05, 4.69) is 10.3 Å². The third-order valence-corrected chi connectivity index (χ3v) is 4.07. The number of rotatable bonds is 2. The lowest BCUT2D eigenvalue weighted by Gasteiger charge is -2.36. The lowest BCUT2D eigenvalue weighted by molar-refractivity contribution is 0.0692. The second kappa shape index (κ2) is 4.66. The van der Waals surface area contributed by atoms with Gasteiger partial charge in [-0.25, -0.2) is 4.98 Å². The zero-order valence-electron chi connectivity index (χ0n) is 10.9. The van der Waals surface area contributed by atoms with E-state index in [0.717, 1.165) is 22.0 Å². The largest absolute Gasteiger partial charge is 0.359 e. The summed E-state index contributed by atoms with van der Waals surface area (Å²) in [6, 6.07) is 7.62. The first-order chi connectivity index (χ1) is 9.20. The van der Waals surface area contributed by atoms with E-state index in [1.165, 1.54) is 0 Å². The zero-order chi connectivity index (χ0) is 13.4. The van der Waals surface area contributed by atoms with Crippen LogP contribution in [0.15, 0.2) is 29.6 Å². The summed E-state index contributed by atoms with van der Waals surface area (Å²) < 4.78 is 0. The van der Waals surface area contributed by atoms with Gasteiger partial charge in [-0.3, -0.25) is 4.79 Å². The summed E-state index contributed by atoms with van der Waals surface area (Å²) in [5, 5.41) is 6.43. The molecule has 3 rings (SSSR count). The fourth-order valence-corrected chi connectivity index (χ4v) is 2.99. The second-order valence-electron chi connectivity index (χ2n) is 4.48. The van der Waals surface area contributed by atoms with Crippen molar-refractivity contribution in [2.75, 3.05) is 11.9 Å². The van der Waals surface area contributed by atoms with Crippen molar-refractivity contribution in [2.24, 2.45) is 0 Å². The summed E-state index contributed by atoms with van der Waals surface area (Å²) in [5.74, 6) is 0.0625. The van der Waals surface area contributed by atoms with E-state index in [1.54, 1.807) is 11.3 Å². The molecule has 0 unspecified atom stereocenters. The Bertz CT molecular complexity index is 623. The molecule has 0 spiro atoms. The maximum atomic E-state index is 12.5. The van der Waals surface area contributed by atoms with Gasteiger partial charge in [-0.05, 0) is 26.0 Å². The van der Waals surface area contributed by atoms with Gasteiger partial charge >= 0.3 is 0 Å². The summed E-state index contributed by atoms with van der Waals surface area (Å²) in [6.07, 6.45) is -0.169. The van der Waals surface area contributed by atoms with Crippen LogP contribution in [0.2, 0.25) is 0 Å². The van der Waals surface area contributed by atoms with Crippen molar-refractivity contribution < 1.29 is 4.79 Å². The fraction of sp³-hybridized carbons (Fsp3) is 0.286. The predicted molar refractivity (Wildman–Crippen MR) is 76.4 cm³/mol. The van der Waals surface area contributed by atoms with E-state index >= 15 is 0 Å². The van der Waals surface area contributed by atoms with Gasteiger partial charge in [0, 0.05) is 17.6 Å². The molecular weight excluding hydrogens is 258 g/mol. The molecule has 0 saturated heterocycles. The van der Waals surface area contributed by atoms with E-state index in [4.69, 9.17) is 0 Å². The Kier molecular flexibility index (Phi) is 2.98. The standard InChI is InChI=1S/C14H15N3OS/c1-3-17-13(12-8-19-9(2)15-12)16-11-7-5-4-6-10(11)14(17)18/h4-8,13,16H,3H2,1-2H3/t13-/m0/s1. The van der Waals surface area contributed by atoms with Gasteiger partial charge in [0.05, 0.1) is 16.3 Å². The smallest absolute Gasteiger partial charge is 0.257 e. The average molecular weight is 273 g/mol. The van der Waals surface area contributed by atoms with Crippen molar-refractivity contribution in [1.82, 2.24) is 9.88 Å². The lowest BCUT2D eigenvalue weighted by Crippen LogP contribution is -2.42. The minimum atomic E-state index is -0.169. The topological polar surface area (TPSA) is 45.2 Å². The van der Waals surface area contributed by atoms with E-state index in [1.807, 2.05) is 48.4 Å². The quantitative estimate of drug-likeness (QED) is 0.914. The van der Waals surface area contributed by atoms with Crippen molar-refractivity contribution in [3.05, 3.63) is 45.9 Å². The van der Waals surface area contributed by atoms with Crippen LogP contribution in [0.5, 0.6) is 0 Å². The summed E-state index contributed by atoms with van der Waals surface area (Å²) >= 11 is 1.60. The number of carbonyl (C=O) groups excluding carboxylic acids is 1. The molecule has 0 radical (unpaired) electrons. The third kappa shape index (κ3) is 2.00. The Morgan fingerprint density at radius 1 is 1.42 bits per heavy atom. The van der Waals surface area contributed by atoms with Gasteiger partial charge in [-0.15, -0.1) is 11.3 Å². The number of hydrogen-bond donors (Lipinski definition) is 1. The monoisotopic (exact) mass is 273 g/mol. The first-order valence-corrected chi connectivity index (χ1v) is 7.17. The van der Waals surface area contributed by atoms with Gasteiger partial charge in [0.2, 0.25) is 0 Å². The van der Waals surface area contributed by atoms with Crippen LogP contribution in [0.4, 0.5) is 5.69 Å². The number of thiazole rings is 1. The van der Waals surface area contributed by atoms with Crippen molar-refractivity contribution in [2.45, 2.75) is 20.0 Å². The van der Waals surface area contributed by atoms with Gasteiger partial charge in [-0.2, -0.15) is 0 Å². The second-order valence-corrected chi connectivity index (χ2v) is 5.54. The number of fused-ring (bicyclic) bond motifs is 1. The Morgan fingerprint density at radius 2 is 2.21 bits per heavy atom. The number of aryl methyl sites for hydroxylation is 1. The van der Waals surface area contributed by atoms with E-state index < -0.39 is 0 Å². The number of para-hydroxylation sites is 1. The molecular formula is C14H15N3OS. The molecule has 1 aliphatic rings. The van der Waals surface area contributed by atoms with Gasteiger partial charge in [-0.1, -0.05) is 12.1 Å². The van der Waals surface area contributed by atoms with Crippen LogP contribution in [0.25, 0.3) is 0 Å². The number of nitrogens with one attached hydrogen (secondary N) is 1. The summed E-state index contributed by atoms with van der Waals surface area (Å²) in [6.45, 7) is 4.62. The molecule has 2 aromatic rings. The number of anilines is 1. The van der Waals surface area contributed by atoms with Crippen LogP contribution < -0.4 is 5.32 Å². The Labute approximate surface area is 116 Å². The highest BCUT2D eigenvalue weighted by Crippen LogP contribution is 2.32. The molecule has 0 fully saturated rings. The van der Waals surface area contributed by atoms with Gasteiger partial charge in [0.1, 0.15) is 6.17 Å². The highest BCUT2D eigenvalue weighted by atomic mass is 32.1. The van der Waals surface area contributed by atoms with Crippen molar-refractivity contribution in [1.29, 1.82) is 0 Å². The number of hydrogen-bond acceptors (Lipinski definition) is 4. The van der Waals surface area contributed by atoms with Crippen LogP contribution in [0.1, 0.15) is 34.1 Å². The molecule has 4 nitrogen and oxygen atoms in total. The van der Waals surface area contributed by atoms with E-state index in [9.17, 15) is 4.79 Å². The van der Waals surface area contributed by atoms with Crippen LogP contribution in [-0.4, -0.2) is 22.3 Å². The maximum Gasteiger partial charge on any atom is 0.257 e. The summed E-state index contributed by atoms with van der Waals surface area (Å²) in [5.41, 5.74) is 2.52. The number of nitrogens with zero attached hydrogens (tertiary/aromatic N) is 2. The Balaban J connectivity index is 2.05. The molecule has 0 saturated carbocycles. The third-order valence-electron chi connectivity index (χ3n) is 3.28. The molecule has 98 valence electrons. The molecule has 19 heavy (non-hydrogen) atoms. The normalized spacial score (nSPS) is 18.1. The first kappa shape index (κ1) is 12.2. The SMILES string of the molecule is CCN1C(=O)c2ccccc2N[C@@H]1c1csc(C)n1. The van der Waals surface area contributed by atoms with Crippen LogP contribution in [0, 0.1) is 6.92 Å². The van der Waals surface area contributed by atoms with Gasteiger partial charge in [0.25, 0.3) is 5.91 Å². The molecule has 1 atom stereocenters.